The zero-order valence-corrected chi connectivity index (χ0v) is 18.2. The van der Waals surface area contributed by atoms with E-state index in [1.54, 1.807) is 36.4 Å². The fourth-order valence-electron chi connectivity index (χ4n) is 3.58. The van der Waals surface area contributed by atoms with Crippen LogP contribution in [0, 0.1) is 20.8 Å². The molecule has 162 valence electrons. The van der Waals surface area contributed by atoms with Gasteiger partial charge in [0.15, 0.2) is 11.5 Å². The Bertz CT molecular complexity index is 1210. The monoisotopic (exact) mass is 427 g/mol. The quantitative estimate of drug-likeness (QED) is 0.320. The van der Waals surface area contributed by atoms with Gasteiger partial charge in [-0.1, -0.05) is 18.2 Å². The molecule has 5 heteroatoms. The molecule has 32 heavy (non-hydrogen) atoms. The molecular formula is C27H25NO4. The van der Waals surface area contributed by atoms with Crippen LogP contribution in [0.15, 0.2) is 78.9 Å². The Morgan fingerprint density at radius 2 is 1.19 bits per heavy atom. The molecule has 0 fully saturated rings. The number of aromatic hydroxyl groups is 3. The molecule has 0 saturated carbocycles. The lowest BCUT2D eigenvalue weighted by atomic mass is 10.1. The van der Waals surface area contributed by atoms with E-state index < -0.39 is 0 Å². The van der Waals surface area contributed by atoms with Gasteiger partial charge in [0.2, 0.25) is 0 Å². The zero-order chi connectivity index (χ0) is 22.8. The standard InChI is InChI=1S/C27H25NO4/c1-17-4-13-26(31)27(14-17)32-23-11-7-20(8-12-23)28(24-15-21(29)9-5-18(24)2)25-16-22(30)10-6-19(25)3/h4-16,29-31H,1-3H3. The number of benzene rings is 4. The van der Waals surface area contributed by atoms with Crippen molar-refractivity contribution in [1.29, 1.82) is 0 Å². The van der Waals surface area contributed by atoms with Gasteiger partial charge < -0.3 is 25.0 Å². The molecule has 0 heterocycles. The van der Waals surface area contributed by atoms with Crippen LogP contribution in [0.1, 0.15) is 16.7 Å². The number of anilines is 3. The highest BCUT2D eigenvalue weighted by molar-refractivity contribution is 5.81. The van der Waals surface area contributed by atoms with E-state index in [4.69, 9.17) is 4.74 Å². The van der Waals surface area contributed by atoms with E-state index in [2.05, 4.69) is 0 Å². The Kier molecular flexibility index (Phi) is 5.65. The lowest BCUT2D eigenvalue weighted by Crippen LogP contribution is -2.12. The van der Waals surface area contributed by atoms with Crippen molar-refractivity contribution in [2.75, 3.05) is 4.90 Å². The Hall–Kier alpha value is -4.12. The van der Waals surface area contributed by atoms with Crippen molar-refractivity contribution < 1.29 is 20.1 Å². The molecule has 4 aromatic rings. The van der Waals surface area contributed by atoms with Crippen molar-refractivity contribution in [1.82, 2.24) is 0 Å². The number of ether oxygens (including phenoxy) is 1. The summed E-state index contributed by atoms with van der Waals surface area (Å²) in [6.45, 7) is 5.87. The maximum Gasteiger partial charge on any atom is 0.169 e. The molecule has 0 bridgehead atoms. The Morgan fingerprint density at radius 3 is 1.75 bits per heavy atom. The summed E-state index contributed by atoms with van der Waals surface area (Å²) >= 11 is 0. The summed E-state index contributed by atoms with van der Waals surface area (Å²) in [5.41, 5.74) is 5.34. The van der Waals surface area contributed by atoms with E-state index in [0.29, 0.717) is 11.5 Å². The third kappa shape index (κ3) is 4.32. The first-order chi connectivity index (χ1) is 15.3. The number of phenolic OH excluding ortho intramolecular Hbond substituents is 3. The predicted octanol–water partition coefficient (Wildman–Crippen LogP) is 6.99. The second-order valence-corrected chi connectivity index (χ2v) is 7.84. The van der Waals surface area contributed by atoms with Gasteiger partial charge in [0.25, 0.3) is 0 Å². The van der Waals surface area contributed by atoms with Gasteiger partial charge >= 0.3 is 0 Å². The molecule has 4 aromatic carbocycles. The Balaban J connectivity index is 1.77. The van der Waals surface area contributed by atoms with Gasteiger partial charge in [-0.05, 0) is 86.0 Å². The van der Waals surface area contributed by atoms with Crippen molar-refractivity contribution >= 4 is 17.1 Å². The summed E-state index contributed by atoms with van der Waals surface area (Å²) in [6, 6.07) is 23.1. The predicted molar refractivity (Wildman–Crippen MR) is 127 cm³/mol. The van der Waals surface area contributed by atoms with Gasteiger partial charge in [-0.3, -0.25) is 0 Å². The average molecular weight is 428 g/mol. The van der Waals surface area contributed by atoms with Gasteiger partial charge in [0, 0.05) is 17.8 Å². The summed E-state index contributed by atoms with van der Waals surface area (Å²) in [7, 11) is 0. The average Bonchev–Trinajstić information content (AvgIpc) is 2.77. The molecule has 5 nitrogen and oxygen atoms in total. The smallest absolute Gasteiger partial charge is 0.169 e. The molecule has 0 radical (unpaired) electrons. The molecule has 0 aliphatic rings. The summed E-state index contributed by atoms with van der Waals surface area (Å²) < 4.78 is 5.87. The first-order valence-corrected chi connectivity index (χ1v) is 10.3. The number of aryl methyl sites for hydroxylation is 3. The van der Waals surface area contributed by atoms with Crippen LogP contribution >= 0.6 is 0 Å². The van der Waals surface area contributed by atoms with Crippen LogP contribution in [0.2, 0.25) is 0 Å². The van der Waals surface area contributed by atoms with Gasteiger partial charge in [-0.15, -0.1) is 0 Å². The maximum atomic E-state index is 10.1. The molecule has 0 atom stereocenters. The van der Waals surface area contributed by atoms with Crippen molar-refractivity contribution in [2.24, 2.45) is 0 Å². The number of nitrogens with zero attached hydrogens (tertiary/aromatic N) is 1. The van der Waals surface area contributed by atoms with Crippen LogP contribution in [0.25, 0.3) is 0 Å². The summed E-state index contributed by atoms with van der Waals surface area (Å²) in [5.74, 6) is 1.36. The van der Waals surface area contributed by atoms with E-state index >= 15 is 0 Å². The summed E-state index contributed by atoms with van der Waals surface area (Å²) in [4.78, 5) is 1.98. The minimum atomic E-state index is 0.0760. The van der Waals surface area contributed by atoms with Gasteiger partial charge in [0.05, 0.1) is 11.4 Å². The minimum Gasteiger partial charge on any atom is -0.508 e. The Labute approximate surface area is 187 Å². The SMILES string of the molecule is Cc1ccc(O)c(Oc2ccc(N(c3cc(O)ccc3C)c3cc(O)ccc3C)cc2)c1. The zero-order valence-electron chi connectivity index (χ0n) is 18.2. The highest BCUT2D eigenvalue weighted by Crippen LogP contribution is 2.41. The fourth-order valence-corrected chi connectivity index (χ4v) is 3.58. The third-order valence-electron chi connectivity index (χ3n) is 5.31. The molecule has 4 rings (SSSR count). The Morgan fingerprint density at radius 1 is 0.625 bits per heavy atom. The van der Waals surface area contributed by atoms with Crippen LogP contribution in [0.3, 0.4) is 0 Å². The van der Waals surface area contributed by atoms with Gasteiger partial charge in [0.1, 0.15) is 17.2 Å². The molecule has 0 saturated heterocycles. The van der Waals surface area contributed by atoms with Crippen LogP contribution in [0.4, 0.5) is 17.1 Å². The molecule has 0 aliphatic heterocycles. The van der Waals surface area contributed by atoms with Crippen molar-refractivity contribution in [3.8, 4) is 28.7 Å². The van der Waals surface area contributed by atoms with Crippen LogP contribution < -0.4 is 9.64 Å². The second kappa shape index (κ2) is 8.55. The molecule has 0 amide bonds. The largest absolute Gasteiger partial charge is 0.508 e. The first-order valence-electron chi connectivity index (χ1n) is 10.3. The topological polar surface area (TPSA) is 73.2 Å². The van der Waals surface area contributed by atoms with E-state index in [0.717, 1.165) is 33.8 Å². The summed E-state index contributed by atoms with van der Waals surface area (Å²) in [6.07, 6.45) is 0. The number of phenols is 3. The highest BCUT2D eigenvalue weighted by Gasteiger charge is 2.18. The highest BCUT2D eigenvalue weighted by atomic mass is 16.5. The van der Waals surface area contributed by atoms with Crippen LogP contribution in [-0.4, -0.2) is 15.3 Å². The van der Waals surface area contributed by atoms with Gasteiger partial charge in [-0.25, -0.2) is 0 Å². The van der Waals surface area contributed by atoms with E-state index in [-0.39, 0.29) is 17.2 Å². The number of hydrogen-bond acceptors (Lipinski definition) is 5. The number of hydrogen-bond donors (Lipinski definition) is 3. The minimum absolute atomic E-state index is 0.0760. The second-order valence-electron chi connectivity index (χ2n) is 7.84. The van der Waals surface area contributed by atoms with Crippen molar-refractivity contribution in [3.63, 3.8) is 0 Å². The normalized spacial score (nSPS) is 10.7. The van der Waals surface area contributed by atoms with Crippen LogP contribution in [-0.2, 0) is 0 Å². The lowest BCUT2D eigenvalue weighted by molar-refractivity contribution is 0.411. The first kappa shape index (κ1) is 21.1. The van der Waals surface area contributed by atoms with E-state index in [1.165, 1.54) is 0 Å². The molecule has 0 unspecified atom stereocenters. The molecule has 0 aromatic heterocycles. The van der Waals surface area contributed by atoms with E-state index in [9.17, 15) is 15.3 Å². The van der Waals surface area contributed by atoms with Crippen LogP contribution in [0.5, 0.6) is 28.7 Å². The fraction of sp³-hybridized carbons (Fsp3) is 0.111. The van der Waals surface area contributed by atoms with E-state index in [1.807, 2.05) is 68.1 Å². The van der Waals surface area contributed by atoms with Gasteiger partial charge in [-0.2, -0.15) is 0 Å². The summed E-state index contributed by atoms with van der Waals surface area (Å²) in [5, 5.41) is 30.4. The molecule has 0 aliphatic carbocycles. The third-order valence-corrected chi connectivity index (χ3v) is 5.31. The molecular weight excluding hydrogens is 402 g/mol. The van der Waals surface area contributed by atoms with Crippen molar-refractivity contribution in [2.45, 2.75) is 20.8 Å². The molecule has 3 N–H and O–H groups in total. The number of rotatable bonds is 5. The van der Waals surface area contributed by atoms with Crippen molar-refractivity contribution in [3.05, 3.63) is 95.6 Å². The maximum absolute atomic E-state index is 10.1. The molecule has 0 spiro atoms. The lowest BCUT2D eigenvalue weighted by Gasteiger charge is -2.28.